The van der Waals surface area contributed by atoms with Crippen LogP contribution in [0.15, 0.2) is 30.4 Å². The first-order chi connectivity index (χ1) is 6.59. The summed E-state index contributed by atoms with van der Waals surface area (Å²) < 4.78 is 12.7. The van der Waals surface area contributed by atoms with Gasteiger partial charge in [0.2, 0.25) is 0 Å². The fourth-order valence-corrected chi connectivity index (χ4v) is 1.28. The van der Waals surface area contributed by atoms with Gasteiger partial charge < -0.3 is 5.32 Å². The van der Waals surface area contributed by atoms with Crippen LogP contribution in [0.1, 0.15) is 13.3 Å². The Hall–Kier alpha value is -1.02. The fourth-order valence-electron chi connectivity index (χ4n) is 1.04. The Kier molecular flexibility index (Phi) is 3.96. The minimum absolute atomic E-state index is 0.319. The van der Waals surface area contributed by atoms with E-state index < -0.39 is 0 Å². The Balaban J connectivity index is 2.55. The summed E-state index contributed by atoms with van der Waals surface area (Å²) in [5.41, 5.74) is 1.87. The molecule has 1 nitrogen and oxygen atoms in total. The highest BCUT2D eigenvalue weighted by Crippen LogP contribution is 2.22. The van der Waals surface area contributed by atoms with Gasteiger partial charge in [0.25, 0.3) is 0 Å². The maximum absolute atomic E-state index is 12.7. The lowest BCUT2D eigenvalue weighted by atomic mass is 10.2. The smallest absolute Gasteiger partial charge is 0.124 e. The normalized spacial score (nSPS) is 9.93. The lowest BCUT2D eigenvalue weighted by Gasteiger charge is -2.07. The van der Waals surface area contributed by atoms with Gasteiger partial charge in [-0.15, -0.1) is 6.58 Å². The average molecular weight is 214 g/mol. The van der Waals surface area contributed by atoms with E-state index in [0.717, 1.165) is 24.2 Å². The molecule has 0 aliphatic carbocycles. The molecule has 0 aromatic heterocycles. The zero-order chi connectivity index (χ0) is 10.6. The summed E-state index contributed by atoms with van der Waals surface area (Å²) in [7, 11) is 0. The summed E-state index contributed by atoms with van der Waals surface area (Å²) in [5, 5.41) is 3.52. The highest BCUT2D eigenvalue weighted by atomic mass is 35.5. The van der Waals surface area contributed by atoms with Crippen LogP contribution in [-0.2, 0) is 0 Å². The number of hydrogen-bond acceptors (Lipinski definition) is 1. The molecule has 0 saturated carbocycles. The molecule has 3 heteroatoms. The van der Waals surface area contributed by atoms with Gasteiger partial charge in [0, 0.05) is 6.54 Å². The Morgan fingerprint density at radius 3 is 2.86 bits per heavy atom. The van der Waals surface area contributed by atoms with Crippen molar-refractivity contribution in [3.8, 4) is 0 Å². The quantitative estimate of drug-likeness (QED) is 0.749. The summed E-state index contributed by atoms with van der Waals surface area (Å²) in [6, 6.07) is 4.32. The molecule has 0 aliphatic rings. The average Bonchev–Trinajstić information content (AvgIpc) is 2.08. The molecule has 1 aromatic rings. The number of halogens is 2. The van der Waals surface area contributed by atoms with Crippen molar-refractivity contribution in [1.29, 1.82) is 0 Å². The van der Waals surface area contributed by atoms with Crippen molar-refractivity contribution in [2.45, 2.75) is 13.3 Å². The first-order valence-electron chi connectivity index (χ1n) is 4.43. The molecule has 0 bridgehead atoms. The molecule has 0 fully saturated rings. The van der Waals surface area contributed by atoms with Gasteiger partial charge in [0.05, 0.1) is 10.7 Å². The lowest BCUT2D eigenvalue weighted by Crippen LogP contribution is -2.02. The van der Waals surface area contributed by atoms with Crippen molar-refractivity contribution in [1.82, 2.24) is 0 Å². The van der Waals surface area contributed by atoms with Crippen LogP contribution in [0.4, 0.5) is 10.1 Å². The highest BCUT2D eigenvalue weighted by Gasteiger charge is 2.00. The zero-order valence-electron chi connectivity index (χ0n) is 8.11. The van der Waals surface area contributed by atoms with Crippen LogP contribution in [0.5, 0.6) is 0 Å². The molecular weight excluding hydrogens is 201 g/mol. The molecule has 0 aliphatic heterocycles. The van der Waals surface area contributed by atoms with E-state index in [1.807, 2.05) is 6.92 Å². The van der Waals surface area contributed by atoms with Crippen LogP contribution in [0.2, 0.25) is 5.02 Å². The SMILES string of the molecule is C=C(C)CCNc1ccc(F)cc1Cl. The van der Waals surface area contributed by atoms with Gasteiger partial charge in [-0.3, -0.25) is 0 Å². The van der Waals surface area contributed by atoms with E-state index in [9.17, 15) is 4.39 Å². The van der Waals surface area contributed by atoms with Crippen molar-refractivity contribution in [2.75, 3.05) is 11.9 Å². The molecule has 1 aromatic carbocycles. The number of benzene rings is 1. The van der Waals surface area contributed by atoms with Crippen molar-refractivity contribution < 1.29 is 4.39 Å². The van der Waals surface area contributed by atoms with Gasteiger partial charge in [-0.05, 0) is 31.5 Å². The Bertz CT molecular complexity index is 336. The number of nitrogens with one attached hydrogen (secondary N) is 1. The Labute approximate surface area is 88.6 Å². The van der Waals surface area contributed by atoms with E-state index in [4.69, 9.17) is 11.6 Å². The second-order valence-corrected chi connectivity index (χ2v) is 3.67. The maximum atomic E-state index is 12.7. The van der Waals surface area contributed by atoms with Gasteiger partial charge in [0.15, 0.2) is 0 Å². The number of hydrogen-bond donors (Lipinski definition) is 1. The van der Waals surface area contributed by atoms with E-state index >= 15 is 0 Å². The van der Waals surface area contributed by atoms with E-state index in [1.165, 1.54) is 12.1 Å². The number of rotatable bonds is 4. The van der Waals surface area contributed by atoms with Gasteiger partial charge in [0.1, 0.15) is 5.82 Å². The fraction of sp³-hybridized carbons (Fsp3) is 0.273. The van der Waals surface area contributed by atoms with Crippen LogP contribution < -0.4 is 5.32 Å². The molecular formula is C11H13ClFN. The van der Waals surface area contributed by atoms with Crippen LogP contribution in [0, 0.1) is 5.82 Å². The monoisotopic (exact) mass is 213 g/mol. The van der Waals surface area contributed by atoms with Crippen LogP contribution in [-0.4, -0.2) is 6.54 Å². The van der Waals surface area contributed by atoms with Crippen LogP contribution >= 0.6 is 11.6 Å². The lowest BCUT2D eigenvalue weighted by molar-refractivity contribution is 0.628. The van der Waals surface area contributed by atoms with E-state index in [1.54, 1.807) is 6.07 Å². The maximum Gasteiger partial charge on any atom is 0.124 e. The van der Waals surface area contributed by atoms with Crippen LogP contribution in [0.25, 0.3) is 0 Å². The third-order valence-electron chi connectivity index (χ3n) is 1.80. The Morgan fingerprint density at radius 2 is 2.29 bits per heavy atom. The van der Waals surface area contributed by atoms with Gasteiger partial charge >= 0.3 is 0 Å². The first kappa shape index (κ1) is 11.1. The summed E-state index contributed by atoms with van der Waals surface area (Å²) in [5.74, 6) is -0.319. The number of anilines is 1. The molecule has 0 amide bonds. The second-order valence-electron chi connectivity index (χ2n) is 3.26. The summed E-state index contributed by atoms with van der Waals surface area (Å²) in [6.45, 7) is 6.52. The topological polar surface area (TPSA) is 12.0 Å². The highest BCUT2D eigenvalue weighted by molar-refractivity contribution is 6.33. The molecule has 0 spiro atoms. The molecule has 0 atom stereocenters. The molecule has 0 saturated heterocycles. The molecule has 0 unspecified atom stereocenters. The summed E-state index contributed by atoms with van der Waals surface area (Å²) >= 11 is 5.82. The predicted molar refractivity (Wildman–Crippen MR) is 59.3 cm³/mol. The van der Waals surface area contributed by atoms with Crippen molar-refractivity contribution in [2.24, 2.45) is 0 Å². The minimum Gasteiger partial charge on any atom is -0.384 e. The van der Waals surface area contributed by atoms with Gasteiger partial charge in [-0.25, -0.2) is 4.39 Å². The van der Waals surface area contributed by atoms with E-state index in [-0.39, 0.29) is 5.82 Å². The molecule has 76 valence electrons. The van der Waals surface area contributed by atoms with Gasteiger partial charge in [-0.1, -0.05) is 17.2 Å². The minimum atomic E-state index is -0.319. The molecule has 0 heterocycles. The third kappa shape index (κ3) is 3.38. The van der Waals surface area contributed by atoms with Crippen LogP contribution in [0.3, 0.4) is 0 Å². The van der Waals surface area contributed by atoms with Gasteiger partial charge in [-0.2, -0.15) is 0 Å². The standard InChI is InChI=1S/C11H13ClFN/c1-8(2)5-6-14-11-4-3-9(13)7-10(11)12/h3-4,7,14H,1,5-6H2,2H3. The van der Waals surface area contributed by atoms with Crippen molar-refractivity contribution in [3.05, 3.63) is 41.2 Å². The first-order valence-corrected chi connectivity index (χ1v) is 4.80. The van der Waals surface area contributed by atoms with Crippen molar-refractivity contribution >= 4 is 17.3 Å². The molecule has 0 radical (unpaired) electrons. The second kappa shape index (κ2) is 5.01. The molecule has 14 heavy (non-hydrogen) atoms. The van der Waals surface area contributed by atoms with E-state index in [2.05, 4.69) is 11.9 Å². The van der Waals surface area contributed by atoms with E-state index in [0.29, 0.717) is 5.02 Å². The van der Waals surface area contributed by atoms with Crippen molar-refractivity contribution in [3.63, 3.8) is 0 Å². The summed E-state index contributed by atoms with van der Waals surface area (Å²) in [6.07, 6.45) is 0.883. The Morgan fingerprint density at radius 1 is 1.57 bits per heavy atom. The third-order valence-corrected chi connectivity index (χ3v) is 2.11. The summed E-state index contributed by atoms with van der Waals surface area (Å²) in [4.78, 5) is 0. The molecule has 1 N–H and O–H groups in total. The zero-order valence-corrected chi connectivity index (χ0v) is 8.87. The largest absolute Gasteiger partial charge is 0.384 e. The molecule has 1 rings (SSSR count). The predicted octanol–water partition coefficient (Wildman–Crippen LogP) is 3.86.